The average Bonchev–Trinajstić information content (AvgIpc) is 2.55. The number of methoxy groups -OCH3 is 1. The molecule has 0 heterocycles. The van der Waals surface area contributed by atoms with Gasteiger partial charge in [-0.05, 0) is 37.3 Å². The molecule has 0 aliphatic carbocycles. The molecule has 0 spiro atoms. The number of nitro benzene ring substituents is 1. The number of ether oxygens (including phenoxy) is 2. The second kappa shape index (κ2) is 7.26. The highest BCUT2D eigenvalue weighted by Crippen LogP contribution is 2.27. The number of carbonyl (C=O) groups excluding carboxylic acids is 1. The first-order valence-electron chi connectivity index (χ1n) is 6.86. The van der Waals surface area contributed by atoms with Crippen molar-refractivity contribution in [2.75, 3.05) is 12.4 Å². The predicted molar refractivity (Wildman–Crippen MR) is 84.8 cm³/mol. The molecular formula is C16H16N2O5. The van der Waals surface area contributed by atoms with Gasteiger partial charge in [-0.25, -0.2) is 0 Å². The third-order valence-electron chi connectivity index (χ3n) is 3.09. The number of anilines is 1. The third-order valence-corrected chi connectivity index (χ3v) is 3.09. The number of para-hydroxylation sites is 2. The van der Waals surface area contributed by atoms with Crippen LogP contribution in [-0.4, -0.2) is 24.0 Å². The topological polar surface area (TPSA) is 90.7 Å². The van der Waals surface area contributed by atoms with Crippen LogP contribution < -0.4 is 14.8 Å². The first kappa shape index (κ1) is 16.3. The predicted octanol–water partition coefficient (Wildman–Crippen LogP) is 3.01. The maximum absolute atomic E-state index is 12.1. The zero-order chi connectivity index (χ0) is 16.8. The van der Waals surface area contributed by atoms with Crippen molar-refractivity contribution in [1.82, 2.24) is 0 Å². The molecule has 0 unspecified atom stereocenters. The summed E-state index contributed by atoms with van der Waals surface area (Å²) in [7, 11) is 1.55. The molecule has 0 bridgehead atoms. The maximum Gasteiger partial charge on any atom is 0.310 e. The second-order valence-corrected chi connectivity index (χ2v) is 4.70. The largest absolute Gasteiger partial charge is 0.497 e. The number of nitrogens with zero attached hydrogens (tertiary/aromatic N) is 1. The van der Waals surface area contributed by atoms with Gasteiger partial charge in [0.2, 0.25) is 0 Å². The number of amides is 1. The van der Waals surface area contributed by atoms with Crippen LogP contribution in [0.15, 0.2) is 48.5 Å². The van der Waals surface area contributed by atoms with Gasteiger partial charge in [0.15, 0.2) is 11.9 Å². The number of benzene rings is 2. The number of hydrogen-bond donors (Lipinski definition) is 1. The van der Waals surface area contributed by atoms with Crippen LogP contribution in [0, 0.1) is 10.1 Å². The summed E-state index contributed by atoms with van der Waals surface area (Å²) in [6, 6.07) is 12.7. The summed E-state index contributed by atoms with van der Waals surface area (Å²) in [5.74, 6) is 0.315. The molecule has 1 amide bonds. The van der Waals surface area contributed by atoms with E-state index in [-0.39, 0.29) is 11.4 Å². The van der Waals surface area contributed by atoms with Crippen molar-refractivity contribution in [2.45, 2.75) is 13.0 Å². The fourth-order valence-electron chi connectivity index (χ4n) is 1.87. The Morgan fingerprint density at radius 1 is 1.17 bits per heavy atom. The quantitative estimate of drug-likeness (QED) is 0.653. The van der Waals surface area contributed by atoms with Crippen LogP contribution in [0.4, 0.5) is 11.4 Å². The smallest absolute Gasteiger partial charge is 0.310 e. The normalized spacial score (nSPS) is 11.4. The first-order chi connectivity index (χ1) is 11.0. The fraction of sp³-hybridized carbons (Fsp3) is 0.188. The summed E-state index contributed by atoms with van der Waals surface area (Å²) in [4.78, 5) is 22.5. The lowest BCUT2D eigenvalue weighted by molar-refractivity contribution is -0.386. The Balaban J connectivity index is 2.04. The molecule has 0 radical (unpaired) electrons. The monoisotopic (exact) mass is 316 g/mol. The van der Waals surface area contributed by atoms with E-state index in [1.54, 1.807) is 37.4 Å². The van der Waals surface area contributed by atoms with E-state index in [9.17, 15) is 14.9 Å². The van der Waals surface area contributed by atoms with Crippen molar-refractivity contribution in [3.63, 3.8) is 0 Å². The Morgan fingerprint density at radius 2 is 1.83 bits per heavy atom. The molecule has 2 aromatic rings. The first-order valence-corrected chi connectivity index (χ1v) is 6.86. The van der Waals surface area contributed by atoms with Gasteiger partial charge in [0, 0.05) is 11.8 Å². The minimum absolute atomic E-state index is 0.0508. The lowest BCUT2D eigenvalue weighted by Crippen LogP contribution is -2.30. The van der Waals surface area contributed by atoms with E-state index in [0.29, 0.717) is 11.4 Å². The van der Waals surface area contributed by atoms with Crippen molar-refractivity contribution < 1.29 is 19.2 Å². The third kappa shape index (κ3) is 4.19. The average molecular weight is 316 g/mol. The van der Waals surface area contributed by atoms with Gasteiger partial charge in [0.25, 0.3) is 5.91 Å². The lowest BCUT2D eigenvalue weighted by Gasteiger charge is -2.14. The molecule has 7 nitrogen and oxygen atoms in total. The van der Waals surface area contributed by atoms with Crippen molar-refractivity contribution in [3.05, 3.63) is 58.6 Å². The van der Waals surface area contributed by atoms with Crippen LogP contribution in [0.2, 0.25) is 0 Å². The Bertz CT molecular complexity index is 700. The molecule has 23 heavy (non-hydrogen) atoms. The fourth-order valence-corrected chi connectivity index (χ4v) is 1.87. The summed E-state index contributed by atoms with van der Waals surface area (Å²) < 4.78 is 10.4. The van der Waals surface area contributed by atoms with Gasteiger partial charge < -0.3 is 14.8 Å². The molecule has 120 valence electrons. The zero-order valence-electron chi connectivity index (χ0n) is 12.7. The van der Waals surface area contributed by atoms with Gasteiger partial charge >= 0.3 is 5.69 Å². The Morgan fingerprint density at radius 3 is 2.43 bits per heavy atom. The number of hydrogen-bond acceptors (Lipinski definition) is 5. The molecule has 2 rings (SSSR count). The minimum Gasteiger partial charge on any atom is -0.497 e. The van der Waals surface area contributed by atoms with E-state index in [4.69, 9.17) is 9.47 Å². The van der Waals surface area contributed by atoms with Crippen LogP contribution in [0.5, 0.6) is 11.5 Å². The van der Waals surface area contributed by atoms with Crippen molar-refractivity contribution in [1.29, 1.82) is 0 Å². The molecule has 2 aromatic carbocycles. The van der Waals surface area contributed by atoms with Crippen LogP contribution in [0.3, 0.4) is 0 Å². The SMILES string of the molecule is COc1ccc(NC(=O)[C@H](C)Oc2ccccc2[N+](=O)[O-])cc1. The van der Waals surface area contributed by atoms with Gasteiger partial charge in [-0.3, -0.25) is 14.9 Å². The molecular weight excluding hydrogens is 300 g/mol. The number of carbonyl (C=O) groups is 1. The van der Waals surface area contributed by atoms with Crippen molar-refractivity contribution in [3.8, 4) is 11.5 Å². The van der Waals surface area contributed by atoms with Gasteiger partial charge in [-0.2, -0.15) is 0 Å². The molecule has 0 aliphatic heterocycles. The van der Waals surface area contributed by atoms with E-state index >= 15 is 0 Å². The lowest BCUT2D eigenvalue weighted by atomic mass is 10.2. The van der Waals surface area contributed by atoms with Crippen LogP contribution >= 0.6 is 0 Å². The Labute approximate surface area is 133 Å². The Hall–Kier alpha value is -3.09. The molecule has 0 fully saturated rings. The van der Waals surface area contributed by atoms with Crippen molar-refractivity contribution >= 4 is 17.3 Å². The maximum atomic E-state index is 12.1. The van der Waals surface area contributed by atoms with Gasteiger partial charge in [0.05, 0.1) is 12.0 Å². The van der Waals surface area contributed by atoms with Crippen LogP contribution in [0.25, 0.3) is 0 Å². The van der Waals surface area contributed by atoms with Crippen LogP contribution in [-0.2, 0) is 4.79 Å². The van der Waals surface area contributed by atoms with Gasteiger partial charge in [0.1, 0.15) is 5.75 Å². The molecule has 7 heteroatoms. The van der Waals surface area contributed by atoms with E-state index in [2.05, 4.69) is 5.32 Å². The highest BCUT2D eigenvalue weighted by molar-refractivity contribution is 5.94. The summed E-state index contributed by atoms with van der Waals surface area (Å²) in [5.41, 5.74) is 0.394. The van der Waals surface area contributed by atoms with Crippen molar-refractivity contribution in [2.24, 2.45) is 0 Å². The van der Waals surface area contributed by atoms with E-state index < -0.39 is 16.9 Å². The molecule has 1 N–H and O–H groups in total. The van der Waals surface area contributed by atoms with Gasteiger partial charge in [-0.1, -0.05) is 12.1 Å². The molecule has 0 aliphatic rings. The number of nitrogens with one attached hydrogen (secondary N) is 1. The summed E-state index contributed by atoms with van der Waals surface area (Å²) >= 11 is 0. The summed E-state index contributed by atoms with van der Waals surface area (Å²) in [6.07, 6.45) is -0.891. The zero-order valence-corrected chi connectivity index (χ0v) is 12.7. The Kier molecular flexibility index (Phi) is 5.14. The minimum atomic E-state index is -0.891. The molecule has 1 atom stereocenters. The summed E-state index contributed by atoms with van der Waals surface area (Å²) in [6.45, 7) is 1.52. The summed E-state index contributed by atoms with van der Waals surface area (Å²) in [5, 5.41) is 13.6. The standard InChI is InChI=1S/C16H16N2O5/c1-11(23-15-6-4-3-5-14(15)18(20)21)16(19)17-12-7-9-13(22-2)10-8-12/h3-11H,1-2H3,(H,17,19)/t11-/m0/s1. The second-order valence-electron chi connectivity index (χ2n) is 4.70. The van der Waals surface area contributed by atoms with E-state index in [1.165, 1.54) is 25.1 Å². The van der Waals surface area contributed by atoms with E-state index in [1.807, 2.05) is 0 Å². The number of nitro groups is 1. The highest BCUT2D eigenvalue weighted by atomic mass is 16.6. The molecule has 0 saturated heterocycles. The van der Waals surface area contributed by atoms with Gasteiger partial charge in [-0.15, -0.1) is 0 Å². The van der Waals surface area contributed by atoms with E-state index in [0.717, 1.165) is 0 Å². The number of rotatable bonds is 6. The van der Waals surface area contributed by atoms with Crippen LogP contribution in [0.1, 0.15) is 6.92 Å². The molecule has 0 saturated carbocycles. The highest BCUT2D eigenvalue weighted by Gasteiger charge is 2.20. The molecule has 0 aromatic heterocycles.